The summed E-state index contributed by atoms with van der Waals surface area (Å²) in [6, 6.07) is 0. The summed E-state index contributed by atoms with van der Waals surface area (Å²) in [5.74, 6) is 6.77. The summed E-state index contributed by atoms with van der Waals surface area (Å²) in [6.07, 6.45) is 3.98. The third kappa shape index (κ3) is 2.09. The predicted octanol–water partition coefficient (Wildman–Crippen LogP) is 2.28. The van der Waals surface area contributed by atoms with Gasteiger partial charge in [0.15, 0.2) is 5.15 Å². The highest BCUT2D eigenvalue weighted by atomic mass is 35.5. The predicted molar refractivity (Wildman–Crippen MR) is 64.2 cm³/mol. The molecule has 0 unspecified atom stereocenters. The van der Waals surface area contributed by atoms with Crippen LogP contribution in [0.25, 0.3) is 11.0 Å². The van der Waals surface area contributed by atoms with Crippen LogP contribution in [0.15, 0.2) is 12.5 Å². The van der Waals surface area contributed by atoms with Crippen molar-refractivity contribution in [3.8, 4) is 11.8 Å². The molecule has 1 N–H and O–H groups in total. The van der Waals surface area contributed by atoms with Gasteiger partial charge in [0.25, 0.3) is 0 Å². The molecule has 0 aliphatic rings. The monoisotopic (exact) mass is 237 g/mol. The second-order valence-corrected chi connectivity index (χ2v) is 3.67. The van der Waals surface area contributed by atoms with E-state index >= 15 is 0 Å². The molecule has 3 nitrogen and oxygen atoms in total. The average molecular weight is 238 g/mol. The SMILES string of the molecule is SCCC#Cc1c[nH]c2c(Cl)ncnc12. The summed E-state index contributed by atoms with van der Waals surface area (Å²) in [7, 11) is 0. The lowest BCUT2D eigenvalue weighted by Crippen LogP contribution is -1.82. The van der Waals surface area contributed by atoms with Gasteiger partial charge in [0.05, 0.1) is 5.56 Å². The number of thiol groups is 1. The van der Waals surface area contributed by atoms with E-state index in [1.165, 1.54) is 6.33 Å². The van der Waals surface area contributed by atoms with Crippen LogP contribution in [-0.2, 0) is 0 Å². The quantitative estimate of drug-likeness (QED) is 0.454. The van der Waals surface area contributed by atoms with Crippen molar-refractivity contribution in [3.05, 3.63) is 23.2 Å². The molecule has 76 valence electrons. The van der Waals surface area contributed by atoms with Crippen molar-refractivity contribution in [2.75, 3.05) is 5.75 Å². The molecule has 0 saturated carbocycles. The summed E-state index contributed by atoms with van der Waals surface area (Å²) >= 11 is 9.97. The number of halogens is 1. The topological polar surface area (TPSA) is 41.6 Å². The van der Waals surface area contributed by atoms with E-state index in [0.717, 1.165) is 28.8 Å². The Balaban J connectivity index is 2.47. The van der Waals surface area contributed by atoms with E-state index in [9.17, 15) is 0 Å². The van der Waals surface area contributed by atoms with Crippen LogP contribution >= 0.6 is 24.2 Å². The molecule has 0 bridgehead atoms. The summed E-state index contributed by atoms with van der Waals surface area (Å²) < 4.78 is 0. The standard InChI is InChI=1S/C10H8ClN3S/c11-10-9-8(13-6-14-10)7(5-12-9)3-1-2-4-15/h5-6,12,15H,2,4H2. The minimum absolute atomic E-state index is 0.419. The molecule has 0 atom stereocenters. The molecule has 2 heterocycles. The van der Waals surface area contributed by atoms with Crippen LogP contribution in [0, 0.1) is 11.8 Å². The van der Waals surface area contributed by atoms with Crippen LogP contribution < -0.4 is 0 Å². The van der Waals surface area contributed by atoms with E-state index in [1.54, 1.807) is 6.20 Å². The maximum absolute atomic E-state index is 5.89. The number of H-pyrrole nitrogens is 1. The largest absolute Gasteiger partial charge is 0.356 e. The Hall–Kier alpha value is -1.18. The maximum atomic E-state index is 5.89. The normalized spacial score (nSPS) is 10.0. The second-order valence-electron chi connectivity index (χ2n) is 2.87. The van der Waals surface area contributed by atoms with Crippen LogP contribution in [0.2, 0.25) is 5.15 Å². The number of aromatic amines is 1. The molecule has 0 aliphatic carbocycles. The lowest BCUT2D eigenvalue weighted by molar-refractivity contribution is 1.22. The Labute approximate surface area is 97.7 Å². The highest BCUT2D eigenvalue weighted by molar-refractivity contribution is 7.80. The van der Waals surface area contributed by atoms with Gasteiger partial charge in [-0.05, 0) is 0 Å². The first-order chi connectivity index (χ1) is 7.33. The van der Waals surface area contributed by atoms with Crippen LogP contribution in [0.5, 0.6) is 0 Å². The van der Waals surface area contributed by atoms with Crippen LogP contribution in [-0.4, -0.2) is 20.7 Å². The minimum atomic E-state index is 0.419. The molecule has 0 fully saturated rings. The van der Waals surface area contributed by atoms with E-state index < -0.39 is 0 Å². The van der Waals surface area contributed by atoms with E-state index in [1.807, 2.05) is 0 Å². The van der Waals surface area contributed by atoms with Gasteiger partial charge in [-0.25, -0.2) is 9.97 Å². The number of hydrogen-bond donors (Lipinski definition) is 2. The Kier molecular flexibility index (Phi) is 3.14. The van der Waals surface area contributed by atoms with Crippen molar-refractivity contribution < 1.29 is 0 Å². The second kappa shape index (κ2) is 4.56. The van der Waals surface area contributed by atoms with Gasteiger partial charge >= 0.3 is 0 Å². The molecule has 2 aromatic rings. The zero-order valence-corrected chi connectivity index (χ0v) is 9.44. The van der Waals surface area contributed by atoms with Crippen molar-refractivity contribution in [3.63, 3.8) is 0 Å². The average Bonchev–Trinajstić information content (AvgIpc) is 2.64. The van der Waals surface area contributed by atoms with Gasteiger partial charge in [-0.1, -0.05) is 23.4 Å². The molecule has 15 heavy (non-hydrogen) atoms. The van der Waals surface area contributed by atoms with Crippen LogP contribution in [0.3, 0.4) is 0 Å². The first-order valence-electron chi connectivity index (χ1n) is 4.40. The molecule has 0 aromatic carbocycles. The summed E-state index contributed by atoms with van der Waals surface area (Å²) in [4.78, 5) is 11.0. The number of fused-ring (bicyclic) bond motifs is 1. The zero-order chi connectivity index (χ0) is 10.7. The van der Waals surface area contributed by atoms with Gasteiger partial charge in [0, 0.05) is 18.4 Å². The van der Waals surface area contributed by atoms with Crippen molar-refractivity contribution in [2.45, 2.75) is 6.42 Å². The van der Waals surface area contributed by atoms with Gasteiger partial charge in [-0.3, -0.25) is 0 Å². The van der Waals surface area contributed by atoms with Gasteiger partial charge in [0.1, 0.15) is 17.4 Å². The van der Waals surface area contributed by atoms with E-state index in [4.69, 9.17) is 11.6 Å². The molecule has 0 radical (unpaired) electrons. The maximum Gasteiger partial charge on any atom is 0.156 e. The van der Waals surface area contributed by atoms with Gasteiger partial charge < -0.3 is 4.98 Å². The first kappa shape index (κ1) is 10.3. The molecular formula is C10H8ClN3S. The third-order valence-corrected chi connectivity index (χ3v) is 2.39. The Morgan fingerprint density at radius 2 is 2.33 bits per heavy atom. The van der Waals surface area contributed by atoms with E-state index in [2.05, 4.69) is 39.4 Å². The van der Waals surface area contributed by atoms with Crippen molar-refractivity contribution in [1.82, 2.24) is 15.0 Å². The summed E-state index contributed by atoms with van der Waals surface area (Å²) in [5, 5.41) is 0.419. The van der Waals surface area contributed by atoms with Crippen molar-refractivity contribution >= 4 is 35.3 Å². The fourth-order valence-corrected chi connectivity index (χ4v) is 1.52. The fraction of sp³-hybridized carbons (Fsp3) is 0.200. The Bertz CT molecular complexity index is 538. The molecule has 2 aromatic heterocycles. The number of nitrogens with one attached hydrogen (secondary N) is 1. The first-order valence-corrected chi connectivity index (χ1v) is 5.41. The highest BCUT2D eigenvalue weighted by Crippen LogP contribution is 2.20. The molecule has 0 saturated heterocycles. The summed E-state index contributed by atoms with van der Waals surface area (Å²) in [6.45, 7) is 0. The number of hydrogen-bond acceptors (Lipinski definition) is 3. The smallest absolute Gasteiger partial charge is 0.156 e. The van der Waals surface area contributed by atoms with Crippen molar-refractivity contribution in [2.24, 2.45) is 0 Å². The Morgan fingerprint density at radius 1 is 1.47 bits per heavy atom. The lowest BCUT2D eigenvalue weighted by Gasteiger charge is -1.90. The molecule has 5 heteroatoms. The lowest BCUT2D eigenvalue weighted by atomic mass is 10.3. The molecular weight excluding hydrogens is 230 g/mol. The molecule has 2 rings (SSSR count). The zero-order valence-electron chi connectivity index (χ0n) is 7.79. The van der Waals surface area contributed by atoms with Crippen molar-refractivity contribution in [1.29, 1.82) is 0 Å². The number of rotatable bonds is 1. The fourth-order valence-electron chi connectivity index (χ4n) is 1.22. The number of nitrogens with zero attached hydrogens (tertiary/aromatic N) is 2. The number of aromatic nitrogens is 3. The van der Waals surface area contributed by atoms with Gasteiger partial charge in [-0.15, -0.1) is 0 Å². The van der Waals surface area contributed by atoms with Gasteiger partial charge in [0.2, 0.25) is 0 Å². The minimum Gasteiger partial charge on any atom is -0.356 e. The van der Waals surface area contributed by atoms with Crippen LogP contribution in [0.4, 0.5) is 0 Å². The summed E-state index contributed by atoms with van der Waals surface area (Å²) in [5.41, 5.74) is 2.34. The van der Waals surface area contributed by atoms with Gasteiger partial charge in [-0.2, -0.15) is 12.6 Å². The molecule has 0 aliphatic heterocycles. The third-order valence-electron chi connectivity index (χ3n) is 1.88. The Morgan fingerprint density at radius 3 is 3.13 bits per heavy atom. The van der Waals surface area contributed by atoms with E-state index in [-0.39, 0.29) is 0 Å². The molecule has 0 amide bonds. The van der Waals surface area contributed by atoms with Crippen LogP contribution in [0.1, 0.15) is 12.0 Å². The molecule has 0 spiro atoms. The van der Waals surface area contributed by atoms with E-state index in [0.29, 0.717) is 5.15 Å². The highest BCUT2D eigenvalue weighted by Gasteiger charge is 2.05.